The molecule has 9 rings (SSSR count). The molecule has 3 saturated heterocycles. The zero-order valence-corrected chi connectivity index (χ0v) is 37.6. The van der Waals surface area contributed by atoms with Crippen molar-refractivity contribution in [2.45, 2.75) is 88.4 Å². The van der Waals surface area contributed by atoms with Crippen LogP contribution in [0, 0.1) is 12.8 Å². The van der Waals surface area contributed by atoms with Crippen molar-refractivity contribution in [2.75, 3.05) is 56.0 Å². The number of benzene rings is 2. The predicted molar refractivity (Wildman–Crippen MR) is 242 cm³/mol. The normalized spacial score (nSPS) is 21.9. The Bertz CT molecular complexity index is 2840. The maximum Gasteiger partial charge on any atom is 0.329 e. The first-order valence-electron chi connectivity index (χ1n) is 21.9. The predicted octanol–water partition coefficient (Wildman–Crippen LogP) is 4.05. The number of fused-ring (bicyclic) bond motifs is 2. The van der Waals surface area contributed by atoms with Gasteiger partial charge in [0.05, 0.1) is 15.9 Å². The van der Waals surface area contributed by atoms with Crippen LogP contribution in [-0.2, 0) is 26.7 Å². The molecule has 0 bridgehead atoms. The van der Waals surface area contributed by atoms with Crippen molar-refractivity contribution in [3.05, 3.63) is 80.1 Å². The summed E-state index contributed by atoms with van der Waals surface area (Å²) in [5.74, 6) is 0.146. The molecule has 1 atom stereocenters. The molecule has 4 fully saturated rings. The third kappa shape index (κ3) is 8.50. The summed E-state index contributed by atoms with van der Waals surface area (Å²) >= 11 is 6.17. The molecule has 2 amide bonds. The lowest BCUT2D eigenvalue weighted by Gasteiger charge is -2.47. The van der Waals surface area contributed by atoms with E-state index in [1.807, 2.05) is 39.0 Å². The number of piperazine rings is 1. The van der Waals surface area contributed by atoms with Crippen molar-refractivity contribution >= 4 is 72.8 Å². The SMILES string of the molecule is Cc1cc(S(=O)(=O)N[C@H]2C[C@H](N3CCN(CC4CCN(c5ccc6c(c5)n(C)c(=O)n6C5CCC(=O)NC5=O)CC4)CC3)C2)ccc1Nc1ncc2cc(Cl)c(=O)n(C(C)C)c2n1. The monoisotopic (exact) mass is 899 g/mol. The molecule has 3 aliphatic heterocycles. The van der Waals surface area contributed by atoms with E-state index < -0.39 is 22.0 Å². The van der Waals surface area contributed by atoms with Crippen LogP contribution < -0.4 is 31.5 Å². The van der Waals surface area contributed by atoms with Crippen LogP contribution >= 0.6 is 11.6 Å². The number of aromatic nitrogens is 5. The third-order valence-corrected chi connectivity index (χ3v) is 15.2. The average molecular weight is 901 g/mol. The Morgan fingerprint density at radius 3 is 2.37 bits per heavy atom. The quantitative estimate of drug-likeness (QED) is 0.162. The van der Waals surface area contributed by atoms with Crippen molar-refractivity contribution < 1.29 is 18.0 Å². The molecule has 5 aromatic rings. The number of imidazole rings is 1. The smallest absolute Gasteiger partial charge is 0.329 e. The van der Waals surface area contributed by atoms with Crippen molar-refractivity contribution in [1.29, 1.82) is 0 Å². The molecular weight excluding hydrogens is 846 g/mol. The zero-order valence-electron chi connectivity index (χ0n) is 36.0. The largest absolute Gasteiger partial charge is 0.371 e. The minimum absolute atomic E-state index is 0.104. The molecule has 4 aliphatic rings. The number of hydrogen-bond acceptors (Lipinski definition) is 12. The molecule has 6 heterocycles. The second-order valence-corrected chi connectivity index (χ2v) is 20.0. The van der Waals surface area contributed by atoms with Crippen molar-refractivity contribution in [3.8, 4) is 0 Å². The summed E-state index contributed by atoms with van der Waals surface area (Å²) in [6.45, 7) is 12.5. The fourth-order valence-electron chi connectivity index (χ4n) is 9.79. The zero-order chi connectivity index (χ0) is 44.3. The molecule has 3 aromatic heterocycles. The van der Waals surface area contributed by atoms with Crippen LogP contribution in [0.25, 0.3) is 22.1 Å². The van der Waals surface area contributed by atoms with Crippen LogP contribution in [0.1, 0.15) is 70.0 Å². The number of nitrogens with zero attached hydrogens (tertiary/aromatic N) is 8. The van der Waals surface area contributed by atoms with Gasteiger partial charge in [-0.25, -0.2) is 22.9 Å². The molecule has 63 heavy (non-hydrogen) atoms. The highest BCUT2D eigenvalue weighted by atomic mass is 35.5. The van der Waals surface area contributed by atoms with Gasteiger partial charge in [-0.15, -0.1) is 0 Å². The van der Waals surface area contributed by atoms with Crippen LogP contribution in [-0.4, -0.2) is 112 Å². The average Bonchev–Trinajstić information content (AvgIpc) is 3.48. The Balaban J connectivity index is 0.727. The number of piperidine rings is 2. The number of imide groups is 1. The summed E-state index contributed by atoms with van der Waals surface area (Å²) in [6, 6.07) is 11.9. The van der Waals surface area contributed by atoms with Gasteiger partial charge < -0.3 is 15.1 Å². The highest BCUT2D eigenvalue weighted by Gasteiger charge is 2.38. The Kier molecular flexibility index (Phi) is 11.7. The highest BCUT2D eigenvalue weighted by Crippen LogP contribution is 2.32. The number of rotatable bonds is 11. The summed E-state index contributed by atoms with van der Waals surface area (Å²) in [5.41, 5.74) is 3.77. The summed E-state index contributed by atoms with van der Waals surface area (Å²) in [6.07, 6.45) is 5.85. The van der Waals surface area contributed by atoms with E-state index in [2.05, 4.69) is 40.0 Å². The lowest BCUT2D eigenvalue weighted by atomic mass is 9.86. The number of nitrogens with one attached hydrogen (secondary N) is 3. The lowest BCUT2D eigenvalue weighted by molar-refractivity contribution is -0.135. The van der Waals surface area contributed by atoms with Gasteiger partial charge >= 0.3 is 5.69 Å². The molecule has 1 unspecified atom stereocenters. The van der Waals surface area contributed by atoms with E-state index in [0.717, 1.165) is 82.7 Å². The molecule has 2 aromatic carbocycles. The fourth-order valence-corrected chi connectivity index (χ4v) is 11.3. The third-order valence-electron chi connectivity index (χ3n) is 13.4. The van der Waals surface area contributed by atoms with Gasteiger partial charge in [0, 0.05) is 100 Å². The first-order chi connectivity index (χ1) is 30.1. The van der Waals surface area contributed by atoms with E-state index in [-0.39, 0.29) is 51.5 Å². The first-order valence-corrected chi connectivity index (χ1v) is 23.7. The number of sulfonamides is 1. The van der Waals surface area contributed by atoms with Gasteiger partial charge in [-0.1, -0.05) is 11.6 Å². The van der Waals surface area contributed by atoms with Gasteiger partial charge in [-0.2, -0.15) is 4.98 Å². The van der Waals surface area contributed by atoms with Gasteiger partial charge in [0.2, 0.25) is 27.8 Å². The van der Waals surface area contributed by atoms with Gasteiger partial charge in [0.15, 0.2) is 0 Å². The topological polar surface area (TPSA) is 189 Å². The number of amides is 2. The number of aryl methyl sites for hydroxylation is 2. The van der Waals surface area contributed by atoms with E-state index in [9.17, 15) is 27.6 Å². The van der Waals surface area contributed by atoms with E-state index in [1.54, 1.807) is 42.1 Å². The maximum atomic E-state index is 13.5. The molecule has 17 nitrogen and oxygen atoms in total. The van der Waals surface area contributed by atoms with Gasteiger partial charge in [-0.05, 0) is 107 Å². The Hall–Kier alpha value is -5.14. The summed E-state index contributed by atoms with van der Waals surface area (Å²) in [7, 11) is -2.01. The molecule has 3 N–H and O–H groups in total. The minimum atomic E-state index is -3.73. The van der Waals surface area contributed by atoms with Crippen LogP contribution in [0.4, 0.5) is 17.3 Å². The maximum absolute atomic E-state index is 13.5. The second kappa shape index (κ2) is 17.1. The standard InChI is InChI=1S/C44H54ClN11O6S/c1-26(2)55-40-29(20-34(45)42(55)59)24-46-43(49-40)47-35-7-6-33(19-27(35)3)63(61,62)50-30-21-32(22-30)54-17-15-52(16-18-54)25-28-11-13-53(14-12-28)31-5-8-36-38(23-31)51(4)44(60)56(36)37-9-10-39(57)48-41(37)58/h5-8,19-20,23-24,26,28,30,32,37,50H,9-18,21-22,25H2,1-4H3,(H,46,47,49)(H,48,57,58)/t30-,32-,37?. The van der Waals surface area contributed by atoms with Crippen LogP contribution in [0.15, 0.2) is 63.1 Å². The number of hydrogen-bond donors (Lipinski definition) is 3. The van der Waals surface area contributed by atoms with Crippen molar-refractivity contribution in [3.63, 3.8) is 0 Å². The van der Waals surface area contributed by atoms with E-state index >= 15 is 0 Å². The molecule has 1 aliphatic carbocycles. The van der Waals surface area contributed by atoms with E-state index in [1.165, 1.54) is 9.13 Å². The second-order valence-electron chi connectivity index (χ2n) is 17.9. The Morgan fingerprint density at radius 2 is 1.67 bits per heavy atom. The Morgan fingerprint density at radius 1 is 0.921 bits per heavy atom. The van der Waals surface area contributed by atoms with E-state index in [4.69, 9.17) is 11.6 Å². The highest BCUT2D eigenvalue weighted by molar-refractivity contribution is 7.89. The molecule has 19 heteroatoms. The minimum Gasteiger partial charge on any atom is -0.371 e. The van der Waals surface area contributed by atoms with Gasteiger partial charge in [0.1, 0.15) is 16.7 Å². The summed E-state index contributed by atoms with van der Waals surface area (Å²) in [4.78, 5) is 66.9. The molecule has 0 spiro atoms. The van der Waals surface area contributed by atoms with Crippen LogP contribution in [0.2, 0.25) is 5.02 Å². The number of pyridine rings is 1. The number of anilines is 3. The summed E-state index contributed by atoms with van der Waals surface area (Å²) in [5, 5.41) is 6.30. The van der Waals surface area contributed by atoms with E-state index in [0.29, 0.717) is 46.2 Å². The van der Waals surface area contributed by atoms with Gasteiger partial charge in [0.25, 0.3) is 5.56 Å². The number of halogens is 1. The van der Waals surface area contributed by atoms with Crippen LogP contribution in [0.3, 0.4) is 0 Å². The lowest BCUT2D eigenvalue weighted by Crippen LogP contribution is -2.58. The molecular formula is C44H54ClN11O6S. The van der Waals surface area contributed by atoms with Crippen molar-refractivity contribution in [1.82, 2.24) is 43.5 Å². The van der Waals surface area contributed by atoms with Crippen LogP contribution in [0.5, 0.6) is 0 Å². The molecule has 0 radical (unpaired) electrons. The van der Waals surface area contributed by atoms with Crippen molar-refractivity contribution in [2.24, 2.45) is 13.0 Å². The summed E-state index contributed by atoms with van der Waals surface area (Å²) < 4.78 is 34.5. The fraction of sp³-hybridized carbons (Fsp3) is 0.500. The van der Waals surface area contributed by atoms with Gasteiger partial charge in [-0.3, -0.25) is 38.3 Å². The number of carbonyl (C=O) groups is 2. The molecule has 334 valence electrons. The first kappa shape index (κ1) is 43.1. The Labute approximate surface area is 370 Å². The number of carbonyl (C=O) groups excluding carboxylic acids is 2. The molecule has 1 saturated carbocycles.